The van der Waals surface area contributed by atoms with Gasteiger partial charge < -0.3 is 9.47 Å². The summed E-state index contributed by atoms with van der Waals surface area (Å²) in [6.07, 6.45) is 1.52. The summed E-state index contributed by atoms with van der Waals surface area (Å²) in [6, 6.07) is -0.321. The molecule has 1 aromatic rings. The van der Waals surface area contributed by atoms with Gasteiger partial charge in [0.25, 0.3) is 10.0 Å². The molecular formula is C11H17N3O5S. The summed E-state index contributed by atoms with van der Waals surface area (Å²) in [6.45, 7) is 4.09. The van der Waals surface area contributed by atoms with Gasteiger partial charge in [0.15, 0.2) is 5.03 Å². The first-order valence-electron chi connectivity index (χ1n) is 6.30. The molecule has 0 amide bonds. The van der Waals surface area contributed by atoms with Crippen LogP contribution in [0.1, 0.15) is 30.6 Å². The van der Waals surface area contributed by atoms with Gasteiger partial charge in [0.2, 0.25) is 0 Å². The summed E-state index contributed by atoms with van der Waals surface area (Å²) in [7, 11) is -3.88. The minimum Gasteiger partial charge on any atom is -0.462 e. The zero-order valence-electron chi connectivity index (χ0n) is 11.3. The van der Waals surface area contributed by atoms with Crippen LogP contribution in [-0.4, -0.2) is 49.9 Å². The number of rotatable bonds is 5. The monoisotopic (exact) mass is 303 g/mol. The highest BCUT2D eigenvalue weighted by Gasteiger charge is 2.32. The second-order valence-corrected chi connectivity index (χ2v) is 6.08. The fourth-order valence-corrected chi connectivity index (χ4v) is 3.40. The molecule has 9 heteroatoms. The van der Waals surface area contributed by atoms with Crippen molar-refractivity contribution in [3.05, 3.63) is 11.8 Å². The predicted molar refractivity (Wildman–Crippen MR) is 68.7 cm³/mol. The average Bonchev–Trinajstić information content (AvgIpc) is 2.99. The van der Waals surface area contributed by atoms with Gasteiger partial charge in [0.1, 0.15) is 5.56 Å². The van der Waals surface area contributed by atoms with Crippen molar-refractivity contribution in [3.8, 4) is 0 Å². The van der Waals surface area contributed by atoms with E-state index in [0.717, 1.165) is 6.20 Å². The number of ether oxygens (including phenoxy) is 2. The molecule has 0 aliphatic carbocycles. The van der Waals surface area contributed by atoms with Crippen LogP contribution in [0.3, 0.4) is 0 Å². The van der Waals surface area contributed by atoms with Gasteiger partial charge in [-0.15, -0.1) is 0 Å². The molecule has 0 aromatic carbocycles. The maximum atomic E-state index is 12.3. The summed E-state index contributed by atoms with van der Waals surface area (Å²) in [5, 5.41) is 5.66. The Balaban J connectivity index is 2.22. The number of esters is 1. The van der Waals surface area contributed by atoms with E-state index in [1.807, 2.05) is 0 Å². The second kappa shape index (κ2) is 5.90. The van der Waals surface area contributed by atoms with Crippen LogP contribution in [0.4, 0.5) is 0 Å². The first-order chi connectivity index (χ1) is 9.45. The first kappa shape index (κ1) is 14.9. The third kappa shape index (κ3) is 3.00. The Labute approximate surface area is 116 Å². The molecule has 2 heterocycles. The van der Waals surface area contributed by atoms with E-state index in [9.17, 15) is 13.2 Å². The third-order valence-corrected chi connectivity index (χ3v) is 4.51. The predicted octanol–water partition coefficient (Wildman–Crippen LogP) is 0.0421. The molecule has 1 aliphatic rings. The van der Waals surface area contributed by atoms with Crippen LogP contribution < -0.4 is 4.72 Å². The van der Waals surface area contributed by atoms with Gasteiger partial charge in [-0.1, -0.05) is 0 Å². The Kier molecular flexibility index (Phi) is 4.41. The van der Waals surface area contributed by atoms with Crippen LogP contribution in [0.25, 0.3) is 0 Å². The Bertz CT molecular complexity index is 583. The maximum Gasteiger partial charge on any atom is 0.342 e. The van der Waals surface area contributed by atoms with Crippen molar-refractivity contribution in [1.82, 2.24) is 14.9 Å². The first-order valence-corrected chi connectivity index (χ1v) is 7.78. The number of hydrogen-bond acceptors (Lipinski definition) is 6. The summed E-state index contributed by atoms with van der Waals surface area (Å²) in [5.74, 6) is -0.725. The molecule has 8 nitrogen and oxygen atoms in total. The molecule has 2 atom stereocenters. The van der Waals surface area contributed by atoms with E-state index in [4.69, 9.17) is 9.47 Å². The summed E-state index contributed by atoms with van der Waals surface area (Å²) >= 11 is 0. The molecule has 0 spiro atoms. The number of carbonyl (C=O) groups is 1. The van der Waals surface area contributed by atoms with Crippen LogP contribution in [0.2, 0.25) is 0 Å². The molecule has 2 unspecified atom stereocenters. The van der Waals surface area contributed by atoms with Crippen molar-refractivity contribution < 1.29 is 22.7 Å². The molecule has 2 rings (SSSR count). The Morgan fingerprint density at radius 2 is 2.40 bits per heavy atom. The summed E-state index contributed by atoms with van der Waals surface area (Å²) in [4.78, 5) is 11.7. The van der Waals surface area contributed by atoms with Crippen LogP contribution >= 0.6 is 0 Å². The van der Waals surface area contributed by atoms with E-state index in [2.05, 4.69) is 14.9 Å². The zero-order chi connectivity index (χ0) is 14.8. The lowest BCUT2D eigenvalue weighted by Crippen LogP contribution is -2.39. The van der Waals surface area contributed by atoms with Gasteiger partial charge in [-0.2, -0.15) is 5.10 Å². The molecule has 20 heavy (non-hydrogen) atoms. The number of carbonyl (C=O) groups excluding carboxylic acids is 1. The van der Waals surface area contributed by atoms with E-state index >= 15 is 0 Å². The van der Waals surface area contributed by atoms with E-state index < -0.39 is 16.0 Å². The molecule has 1 fully saturated rings. The molecule has 1 saturated heterocycles. The van der Waals surface area contributed by atoms with Gasteiger partial charge in [0.05, 0.1) is 24.9 Å². The van der Waals surface area contributed by atoms with Crippen molar-refractivity contribution in [2.45, 2.75) is 37.4 Å². The molecular weight excluding hydrogens is 286 g/mol. The highest BCUT2D eigenvalue weighted by atomic mass is 32.2. The normalized spacial score (nSPS) is 22.9. The quantitative estimate of drug-likeness (QED) is 0.743. The fraction of sp³-hybridized carbons (Fsp3) is 0.636. The lowest BCUT2D eigenvalue weighted by molar-refractivity contribution is 0.0522. The molecule has 112 valence electrons. The van der Waals surface area contributed by atoms with Gasteiger partial charge in [-0.25, -0.2) is 17.9 Å². The molecule has 2 N–H and O–H groups in total. The minimum atomic E-state index is -3.88. The van der Waals surface area contributed by atoms with Crippen molar-refractivity contribution in [3.63, 3.8) is 0 Å². The van der Waals surface area contributed by atoms with E-state index in [-0.39, 0.29) is 29.3 Å². The van der Waals surface area contributed by atoms with E-state index in [1.165, 1.54) is 0 Å². The largest absolute Gasteiger partial charge is 0.462 e. The fourth-order valence-electron chi connectivity index (χ4n) is 1.98. The minimum absolute atomic E-state index is 0.106. The Hall–Kier alpha value is -1.45. The van der Waals surface area contributed by atoms with E-state index in [1.54, 1.807) is 13.8 Å². The Morgan fingerprint density at radius 3 is 3.00 bits per heavy atom. The highest BCUT2D eigenvalue weighted by Crippen LogP contribution is 2.18. The van der Waals surface area contributed by atoms with Crippen molar-refractivity contribution >= 4 is 16.0 Å². The van der Waals surface area contributed by atoms with Gasteiger partial charge in [0, 0.05) is 6.61 Å². The molecule has 1 aliphatic heterocycles. The van der Waals surface area contributed by atoms with Crippen LogP contribution in [0.5, 0.6) is 0 Å². The summed E-state index contributed by atoms with van der Waals surface area (Å²) in [5.41, 5.74) is -0.106. The standard InChI is InChI=1S/C11H17N3O5S/c1-3-18-11(15)8-6-12-13-10(8)20(16,17)14-9-4-5-19-7(9)2/h6-7,9,14H,3-5H2,1-2H3,(H,12,13). The van der Waals surface area contributed by atoms with Crippen molar-refractivity contribution in [2.24, 2.45) is 0 Å². The van der Waals surface area contributed by atoms with Crippen LogP contribution in [-0.2, 0) is 19.5 Å². The van der Waals surface area contributed by atoms with Crippen LogP contribution in [0, 0.1) is 0 Å². The van der Waals surface area contributed by atoms with Gasteiger partial charge in [-0.05, 0) is 20.3 Å². The number of H-pyrrole nitrogens is 1. The molecule has 1 aromatic heterocycles. The van der Waals surface area contributed by atoms with Crippen molar-refractivity contribution in [1.29, 1.82) is 0 Å². The second-order valence-electron chi connectivity index (χ2n) is 4.43. The number of nitrogens with one attached hydrogen (secondary N) is 2. The lowest BCUT2D eigenvalue weighted by atomic mass is 10.2. The van der Waals surface area contributed by atoms with Gasteiger partial charge in [-0.3, -0.25) is 5.10 Å². The Morgan fingerprint density at radius 1 is 1.65 bits per heavy atom. The average molecular weight is 303 g/mol. The number of sulfonamides is 1. The highest BCUT2D eigenvalue weighted by molar-refractivity contribution is 7.89. The number of hydrogen-bond donors (Lipinski definition) is 2. The molecule has 0 radical (unpaired) electrons. The lowest BCUT2D eigenvalue weighted by Gasteiger charge is -2.15. The van der Waals surface area contributed by atoms with Crippen molar-refractivity contribution in [2.75, 3.05) is 13.2 Å². The number of nitrogens with zero attached hydrogens (tertiary/aromatic N) is 1. The van der Waals surface area contributed by atoms with E-state index in [0.29, 0.717) is 13.0 Å². The number of aromatic amines is 1. The van der Waals surface area contributed by atoms with Gasteiger partial charge >= 0.3 is 5.97 Å². The SMILES string of the molecule is CCOC(=O)c1cn[nH]c1S(=O)(=O)NC1CCOC1C. The maximum absolute atomic E-state index is 12.3. The molecule has 0 bridgehead atoms. The summed E-state index contributed by atoms with van der Waals surface area (Å²) < 4.78 is 37.2. The third-order valence-electron chi connectivity index (χ3n) is 3.05. The smallest absolute Gasteiger partial charge is 0.342 e. The molecule has 0 saturated carbocycles. The number of aromatic nitrogens is 2. The topological polar surface area (TPSA) is 110 Å². The van der Waals surface area contributed by atoms with Crippen LogP contribution in [0.15, 0.2) is 11.2 Å². The zero-order valence-corrected chi connectivity index (χ0v) is 12.1.